The van der Waals surface area contributed by atoms with Gasteiger partial charge >= 0.3 is 0 Å². The van der Waals surface area contributed by atoms with E-state index in [1.807, 2.05) is 6.92 Å². The summed E-state index contributed by atoms with van der Waals surface area (Å²) in [6, 6.07) is 0. The highest BCUT2D eigenvalue weighted by Crippen LogP contribution is 2.24. The lowest BCUT2D eigenvalue weighted by atomic mass is 10.2. The van der Waals surface area contributed by atoms with Gasteiger partial charge < -0.3 is 10.0 Å². The van der Waals surface area contributed by atoms with Crippen LogP contribution in [0.25, 0.3) is 0 Å². The van der Waals surface area contributed by atoms with Crippen LogP contribution in [0.2, 0.25) is 5.15 Å². The quantitative estimate of drug-likeness (QED) is 0.775. The molecule has 1 rings (SSSR count). The molecule has 4 nitrogen and oxygen atoms in total. The fourth-order valence-electron chi connectivity index (χ4n) is 1.88. The van der Waals surface area contributed by atoms with Crippen LogP contribution in [0.1, 0.15) is 38.1 Å². The number of hydrogen-bond acceptors (Lipinski definition) is 4. The van der Waals surface area contributed by atoms with Gasteiger partial charge in [0, 0.05) is 25.1 Å². The molecule has 1 heterocycles. The van der Waals surface area contributed by atoms with Gasteiger partial charge in [-0.2, -0.15) is 0 Å². The van der Waals surface area contributed by atoms with Crippen LogP contribution in [0.3, 0.4) is 0 Å². The number of aliphatic hydroxyl groups is 1. The number of aliphatic hydroxyl groups excluding tert-OH is 1. The molecule has 0 atom stereocenters. The molecule has 1 N–H and O–H groups in total. The summed E-state index contributed by atoms with van der Waals surface area (Å²) in [7, 11) is 0. The Hall–Kier alpha value is -0.870. The second-order valence-corrected chi connectivity index (χ2v) is 4.70. The number of rotatable bonds is 7. The van der Waals surface area contributed by atoms with E-state index < -0.39 is 0 Å². The molecule has 0 saturated heterocycles. The summed E-state index contributed by atoms with van der Waals surface area (Å²) in [6.07, 6.45) is 2.82. The van der Waals surface area contributed by atoms with E-state index in [-0.39, 0.29) is 6.61 Å². The van der Waals surface area contributed by atoms with Gasteiger partial charge in [-0.05, 0) is 19.8 Å². The number of aromatic nitrogens is 2. The molecule has 0 radical (unpaired) electrons. The molecule has 0 aliphatic heterocycles. The van der Waals surface area contributed by atoms with Crippen molar-refractivity contribution in [3.8, 4) is 0 Å². The molecule has 0 fully saturated rings. The van der Waals surface area contributed by atoms with Crippen molar-refractivity contribution < 1.29 is 5.11 Å². The van der Waals surface area contributed by atoms with Crippen LogP contribution in [0.15, 0.2) is 0 Å². The maximum atomic E-state index is 9.14. The van der Waals surface area contributed by atoms with Crippen molar-refractivity contribution in [3.05, 3.63) is 16.5 Å². The summed E-state index contributed by atoms with van der Waals surface area (Å²) in [5.41, 5.74) is 0.887. The molecule has 0 aliphatic carbocycles. The maximum absolute atomic E-state index is 9.14. The summed E-state index contributed by atoms with van der Waals surface area (Å²) in [5, 5.41) is 9.66. The highest BCUT2D eigenvalue weighted by Gasteiger charge is 2.14. The van der Waals surface area contributed by atoms with Gasteiger partial charge in [0.25, 0.3) is 0 Å². The van der Waals surface area contributed by atoms with Gasteiger partial charge in [0.1, 0.15) is 16.8 Å². The number of anilines is 1. The van der Waals surface area contributed by atoms with E-state index in [1.165, 1.54) is 0 Å². The molecule has 0 spiro atoms. The maximum Gasteiger partial charge on any atom is 0.137 e. The molecule has 0 saturated carbocycles. The molecule has 0 aliphatic rings. The smallest absolute Gasteiger partial charge is 0.137 e. The number of halogens is 1. The van der Waals surface area contributed by atoms with Crippen LogP contribution in [-0.2, 0) is 6.42 Å². The zero-order valence-electron chi connectivity index (χ0n) is 11.4. The third-order valence-corrected chi connectivity index (χ3v) is 3.11. The van der Waals surface area contributed by atoms with Gasteiger partial charge in [-0.3, -0.25) is 0 Å². The predicted octanol–water partition coefficient (Wildman–Crippen LogP) is 2.60. The molecule has 0 amide bonds. The van der Waals surface area contributed by atoms with Gasteiger partial charge in [-0.1, -0.05) is 25.4 Å². The summed E-state index contributed by atoms with van der Waals surface area (Å²) in [4.78, 5) is 10.9. The zero-order chi connectivity index (χ0) is 13.5. The third-order valence-electron chi connectivity index (χ3n) is 2.74. The average Bonchev–Trinajstić information content (AvgIpc) is 2.34. The van der Waals surface area contributed by atoms with E-state index in [0.29, 0.717) is 11.7 Å². The minimum Gasteiger partial charge on any atom is -0.395 e. The molecule has 0 bridgehead atoms. The Balaban J connectivity index is 3.09. The first kappa shape index (κ1) is 15.2. The first-order valence-corrected chi connectivity index (χ1v) is 6.90. The highest BCUT2D eigenvalue weighted by molar-refractivity contribution is 6.30. The number of hydrogen-bond donors (Lipinski definition) is 1. The van der Waals surface area contributed by atoms with Gasteiger partial charge in [-0.25, -0.2) is 9.97 Å². The molecular formula is C13H22ClN3O. The standard InChI is InChI=1S/C13H22ClN3O/c1-4-6-11-15-12(14)10(3)13(16-11)17(7-5-2)8-9-18/h18H,4-9H2,1-3H3. The first-order valence-electron chi connectivity index (χ1n) is 6.52. The Morgan fingerprint density at radius 3 is 2.44 bits per heavy atom. The van der Waals surface area contributed by atoms with E-state index >= 15 is 0 Å². The molecule has 18 heavy (non-hydrogen) atoms. The second kappa shape index (κ2) is 7.54. The van der Waals surface area contributed by atoms with E-state index in [2.05, 4.69) is 28.7 Å². The van der Waals surface area contributed by atoms with Gasteiger partial charge in [0.2, 0.25) is 0 Å². The topological polar surface area (TPSA) is 49.2 Å². The Labute approximate surface area is 114 Å². The highest BCUT2D eigenvalue weighted by atomic mass is 35.5. The zero-order valence-corrected chi connectivity index (χ0v) is 12.2. The summed E-state index contributed by atoms with van der Waals surface area (Å²) in [6.45, 7) is 7.68. The minimum absolute atomic E-state index is 0.115. The number of nitrogens with zero attached hydrogens (tertiary/aromatic N) is 3. The average molecular weight is 272 g/mol. The van der Waals surface area contributed by atoms with Crippen molar-refractivity contribution in [2.24, 2.45) is 0 Å². The lowest BCUT2D eigenvalue weighted by Crippen LogP contribution is -2.29. The molecule has 0 aromatic carbocycles. The molecule has 1 aromatic rings. The fourth-order valence-corrected chi connectivity index (χ4v) is 2.06. The molecule has 5 heteroatoms. The third kappa shape index (κ3) is 3.82. The summed E-state index contributed by atoms with van der Waals surface area (Å²) >= 11 is 6.16. The minimum atomic E-state index is 0.115. The van der Waals surface area contributed by atoms with Crippen molar-refractivity contribution in [3.63, 3.8) is 0 Å². The Morgan fingerprint density at radius 2 is 1.89 bits per heavy atom. The van der Waals surface area contributed by atoms with Crippen LogP contribution >= 0.6 is 11.6 Å². The monoisotopic (exact) mass is 271 g/mol. The SMILES string of the molecule is CCCc1nc(Cl)c(C)c(N(CCC)CCO)n1. The number of aryl methyl sites for hydroxylation is 1. The van der Waals surface area contributed by atoms with Crippen molar-refractivity contribution in [2.75, 3.05) is 24.6 Å². The summed E-state index contributed by atoms with van der Waals surface area (Å²) < 4.78 is 0. The van der Waals surface area contributed by atoms with Crippen LogP contribution in [0.5, 0.6) is 0 Å². The normalized spacial score (nSPS) is 10.7. The fraction of sp³-hybridized carbons (Fsp3) is 0.692. The van der Waals surface area contributed by atoms with Crippen molar-refractivity contribution in [1.82, 2.24) is 9.97 Å². The van der Waals surface area contributed by atoms with E-state index in [0.717, 1.165) is 43.0 Å². The Kier molecular flexibility index (Phi) is 6.36. The molecule has 102 valence electrons. The van der Waals surface area contributed by atoms with Crippen LogP contribution in [0, 0.1) is 6.92 Å². The summed E-state index contributed by atoms with van der Waals surface area (Å²) in [5.74, 6) is 1.64. The van der Waals surface area contributed by atoms with Gasteiger partial charge in [0.15, 0.2) is 0 Å². The van der Waals surface area contributed by atoms with Crippen LogP contribution < -0.4 is 4.90 Å². The van der Waals surface area contributed by atoms with Crippen molar-refractivity contribution >= 4 is 17.4 Å². The van der Waals surface area contributed by atoms with Gasteiger partial charge in [0.05, 0.1) is 6.61 Å². The Bertz CT molecular complexity index is 379. The molecule has 0 unspecified atom stereocenters. The second-order valence-electron chi connectivity index (χ2n) is 4.34. The van der Waals surface area contributed by atoms with Crippen molar-refractivity contribution in [2.45, 2.75) is 40.0 Å². The van der Waals surface area contributed by atoms with Gasteiger partial charge in [-0.15, -0.1) is 0 Å². The lowest BCUT2D eigenvalue weighted by molar-refractivity contribution is 0.301. The van der Waals surface area contributed by atoms with Crippen LogP contribution in [-0.4, -0.2) is 34.8 Å². The largest absolute Gasteiger partial charge is 0.395 e. The van der Waals surface area contributed by atoms with Crippen molar-refractivity contribution in [1.29, 1.82) is 0 Å². The first-order chi connectivity index (χ1) is 8.63. The Morgan fingerprint density at radius 1 is 1.17 bits per heavy atom. The predicted molar refractivity (Wildman–Crippen MR) is 75.4 cm³/mol. The molecule has 1 aromatic heterocycles. The lowest BCUT2D eigenvalue weighted by Gasteiger charge is -2.24. The molecular weight excluding hydrogens is 250 g/mol. The van der Waals surface area contributed by atoms with E-state index in [1.54, 1.807) is 0 Å². The van der Waals surface area contributed by atoms with E-state index in [9.17, 15) is 0 Å². The van der Waals surface area contributed by atoms with E-state index in [4.69, 9.17) is 16.7 Å². The van der Waals surface area contributed by atoms with Crippen LogP contribution in [0.4, 0.5) is 5.82 Å².